The maximum atomic E-state index is 12.4. The van der Waals surface area contributed by atoms with E-state index in [1.165, 1.54) is 30.9 Å². The van der Waals surface area contributed by atoms with Crippen LogP contribution in [0.15, 0.2) is 42.5 Å². The highest BCUT2D eigenvalue weighted by atomic mass is 16.5. The van der Waals surface area contributed by atoms with E-state index in [0.717, 1.165) is 12.8 Å². The van der Waals surface area contributed by atoms with E-state index in [4.69, 9.17) is 4.74 Å². The Morgan fingerprint density at radius 1 is 1.04 bits per heavy atom. The molecular formula is C20H21NO3. The number of hydrogen-bond acceptors (Lipinski definition) is 3. The van der Waals surface area contributed by atoms with E-state index >= 15 is 0 Å². The zero-order valence-corrected chi connectivity index (χ0v) is 13.8. The van der Waals surface area contributed by atoms with Crippen molar-refractivity contribution in [3.63, 3.8) is 0 Å². The van der Waals surface area contributed by atoms with Crippen LogP contribution < -0.4 is 10.1 Å². The monoisotopic (exact) mass is 323 g/mol. The van der Waals surface area contributed by atoms with Gasteiger partial charge in [0.05, 0.1) is 0 Å². The summed E-state index contributed by atoms with van der Waals surface area (Å²) in [5.41, 5.74) is 4.01. The molecule has 124 valence electrons. The van der Waals surface area contributed by atoms with Crippen LogP contribution in [0.1, 0.15) is 41.3 Å². The summed E-state index contributed by atoms with van der Waals surface area (Å²) in [5, 5.41) is 2.69. The molecule has 0 heterocycles. The minimum absolute atomic E-state index is 0.0116. The maximum Gasteiger partial charge on any atom is 0.221 e. The molecule has 0 spiro atoms. The molecule has 4 nitrogen and oxygen atoms in total. The minimum atomic E-state index is -0.141. The predicted molar refractivity (Wildman–Crippen MR) is 93.7 cm³/mol. The average molecular weight is 323 g/mol. The van der Waals surface area contributed by atoms with Crippen LogP contribution in [0.25, 0.3) is 0 Å². The Balaban J connectivity index is 1.64. The summed E-state index contributed by atoms with van der Waals surface area (Å²) >= 11 is 0. The van der Waals surface area contributed by atoms with Gasteiger partial charge in [0.2, 0.25) is 5.91 Å². The zero-order chi connectivity index (χ0) is 16.9. The topological polar surface area (TPSA) is 55.4 Å². The zero-order valence-electron chi connectivity index (χ0n) is 13.8. The molecule has 2 aromatic carbocycles. The summed E-state index contributed by atoms with van der Waals surface area (Å²) in [6.45, 7) is 1.44. The van der Waals surface area contributed by atoms with Gasteiger partial charge in [-0.2, -0.15) is 0 Å². The lowest BCUT2D eigenvalue weighted by molar-refractivity contribution is -0.114. The molecule has 0 fully saturated rings. The van der Waals surface area contributed by atoms with Gasteiger partial charge in [-0.3, -0.25) is 9.59 Å². The van der Waals surface area contributed by atoms with E-state index < -0.39 is 0 Å². The lowest BCUT2D eigenvalue weighted by Crippen LogP contribution is -2.13. The number of carbonyl (C=O) groups excluding carboxylic acids is 2. The van der Waals surface area contributed by atoms with Crippen molar-refractivity contribution in [2.24, 2.45) is 0 Å². The molecule has 0 atom stereocenters. The van der Waals surface area contributed by atoms with Crippen LogP contribution in [0.5, 0.6) is 5.75 Å². The number of ketones is 1. The number of Topliss-reactive ketones (excluding diaryl/α,β-unsaturated/α-hetero) is 1. The first kappa shape index (κ1) is 16.2. The summed E-state index contributed by atoms with van der Waals surface area (Å²) in [6, 6.07) is 13.0. The molecular weight excluding hydrogens is 302 g/mol. The SMILES string of the molecule is CC(=O)Nc1cccc(OCC(=O)c2ccc3c(c2)CCCC3)c1. The molecule has 1 aliphatic rings. The first-order valence-corrected chi connectivity index (χ1v) is 8.27. The third-order valence-electron chi connectivity index (χ3n) is 4.19. The van der Waals surface area contributed by atoms with E-state index in [1.807, 2.05) is 12.1 Å². The summed E-state index contributed by atoms with van der Waals surface area (Å²) in [5.74, 6) is 0.387. The number of amides is 1. The third kappa shape index (κ3) is 4.02. The van der Waals surface area contributed by atoms with Gasteiger partial charge in [-0.15, -0.1) is 0 Å². The number of anilines is 1. The number of rotatable bonds is 5. The van der Waals surface area contributed by atoms with Gasteiger partial charge in [0.25, 0.3) is 0 Å². The first-order valence-electron chi connectivity index (χ1n) is 8.27. The van der Waals surface area contributed by atoms with E-state index in [-0.39, 0.29) is 18.3 Å². The molecule has 0 saturated heterocycles. The van der Waals surface area contributed by atoms with Gasteiger partial charge in [0, 0.05) is 24.2 Å². The second-order valence-electron chi connectivity index (χ2n) is 6.11. The molecule has 0 bridgehead atoms. The molecule has 24 heavy (non-hydrogen) atoms. The van der Waals surface area contributed by atoms with E-state index in [1.54, 1.807) is 24.3 Å². The van der Waals surface area contributed by atoms with Crippen molar-refractivity contribution in [3.05, 3.63) is 59.2 Å². The average Bonchev–Trinajstić information content (AvgIpc) is 2.59. The number of benzene rings is 2. The molecule has 1 aliphatic carbocycles. The van der Waals surface area contributed by atoms with Gasteiger partial charge >= 0.3 is 0 Å². The van der Waals surface area contributed by atoms with Crippen LogP contribution in [-0.2, 0) is 17.6 Å². The summed E-state index contributed by atoms with van der Waals surface area (Å²) in [6.07, 6.45) is 4.58. The molecule has 3 rings (SSSR count). The smallest absolute Gasteiger partial charge is 0.221 e. The van der Waals surface area contributed by atoms with Crippen LogP contribution in [0.4, 0.5) is 5.69 Å². The maximum absolute atomic E-state index is 12.4. The van der Waals surface area contributed by atoms with Crippen LogP contribution >= 0.6 is 0 Å². The van der Waals surface area contributed by atoms with Crippen molar-refractivity contribution in [3.8, 4) is 5.75 Å². The van der Waals surface area contributed by atoms with Crippen molar-refractivity contribution in [2.75, 3.05) is 11.9 Å². The van der Waals surface area contributed by atoms with Gasteiger partial charge in [-0.25, -0.2) is 0 Å². The van der Waals surface area contributed by atoms with Crippen molar-refractivity contribution < 1.29 is 14.3 Å². The van der Waals surface area contributed by atoms with Crippen LogP contribution in [0, 0.1) is 0 Å². The first-order chi connectivity index (χ1) is 11.6. The number of nitrogens with one attached hydrogen (secondary N) is 1. The van der Waals surface area contributed by atoms with Crippen molar-refractivity contribution in [2.45, 2.75) is 32.6 Å². The second-order valence-corrected chi connectivity index (χ2v) is 6.11. The van der Waals surface area contributed by atoms with E-state index in [9.17, 15) is 9.59 Å². The molecule has 1 N–H and O–H groups in total. The Kier molecular flexibility index (Phi) is 4.94. The number of carbonyl (C=O) groups is 2. The standard InChI is InChI=1S/C20H21NO3/c1-14(22)21-18-7-4-8-19(12-18)24-13-20(23)17-10-9-15-5-2-3-6-16(15)11-17/h4,7-12H,2-3,5-6,13H2,1H3,(H,21,22). The Morgan fingerprint density at radius 3 is 2.62 bits per heavy atom. The highest BCUT2D eigenvalue weighted by Crippen LogP contribution is 2.23. The normalized spacial score (nSPS) is 13.0. The molecule has 0 saturated carbocycles. The fourth-order valence-corrected chi connectivity index (χ4v) is 3.01. The van der Waals surface area contributed by atoms with Gasteiger partial charge < -0.3 is 10.1 Å². The quantitative estimate of drug-likeness (QED) is 0.852. The van der Waals surface area contributed by atoms with Gasteiger partial charge in [-0.05, 0) is 55.0 Å². The van der Waals surface area contributed by atoms with Gasteiger partial charge in [0.15, 0.2) is 12.4 Å². The Hall–Kier alpha value is -2.62. The number of ether oxygens (including phenoxy) is 1. The molecule has 0 aliphatic heterocycles. The van der Waals surface area contributed by atoms with Crippen molar-refractivity contribution >= 4 is 17.4 Å². The summed E-state index contributed by atoms with van der Waals surface area (Å²) in [4.78, 5) is 23.5. The lowest BCUT2D eigenvalue weighted by atomic mass is 9.90. The van der Waals surface area contributed by atoms with E-state index in [2.05, 4.69) is 11.4 Å². The Morgan fingerprint density at radius 2 is 1.83 bits per heavy atom. The van der Waals surface area contributed by atoms with Crippen LogP contribution in [0.3, 0.4) is 0 Å². The molecule has 1 amide bonds. The lowest BCUT2D eigenvalue weighted by Gasteiger charge is -2.16. The fourth-order valence-electron chi connectivity index (χ4n) is 3.01. The van der Waals surface area contributed by atoms with Gasteiger partial charge in [-0.1, -0.05) is 18.2 Å². The summed E-state index contributed by atoms with van der Waals surface area (Å²) < 4.78 is 5.59. The highest BCUT2D eigenvalue weighted by Gasteiger charge is 2.13. The van der Waals surface area contributed by atoms with Crippen molar-refractivity contribution in [1.82, 2.24) is 0 Å². The fraction of sp³-hybridized carbons (Fsp3) is 0.300. The predicted octanol–water partition coefficient (Wildman–Crippen LogP) is 3.79. The molecule has 0 aromatic heterocycles. The Bertz CT molecular complexity index is 767. The largest absolute Gasteiger partial charge is 0.485 e. The van der Waals surface area contributed by atoms with E-state index in [0.29, 0.717) is 17.0 Å². The number of hydrogen-bond donors (Lipinski definition) is 1. The van der Waals surface area contributed by atoms with Crippen LogP contribution in [0.2, 0.25) is 0 Å². The molecule has 0 unspecified atom stereocenters. The van der Waals surface area contributed by atoms with Crippen LogP contribution in [-0.4, -0.2) is 18.3 Å². The number of aryl methyl sites for hydroxylation is 2. The molecule has 0 radical (unpaired) electrons. The minimum Gasteiger partial charge on any atom is -0.485 e. The summed E-state index contributed by atoms with van der Waals surface area (Å²) in [7, 11) is 0. The molecule has 4 heteroatoms. The Labute approximate surface area is 141 Å². The van der Waals surface area contributed by atoms with Crippen molar-refractivity contribution in [1.29, 1.82) is 0 Å². The molecule has 2 aromatic rings. The highest BCUT2D eigenvalue weighted by molar-refractivity contribution is 5.97. The second kappa shape index (κ2) is 7.30. The third-order valence-corrected chi connectivity index (χ3v) is 4.19. The van der Waals surface area contributed by atoms with Gasteiger partial charge in [0.1, 0.15) is 5.75 Å². The number of fused-ring (bicyclic) bond motifs is 1.